The van der Waals surface area contributed by atoms with E-state index in [1.807, 2.05) is 6.92 Å². The summed E-state index contributed by atoms with van der Waals surface area (Å²) in [4.78, 5) is 0.0722. The van der Waals surface area contributed by atoms with Gasteiger partial charge in [-0.05, 0) is 19.1 Å². The summed E-state index contributed by atoms with van der Waals surface area (Å²) >= 11 is 0.584. The molecule has 114 valence electrons. The van der Waals surface area contributed by atoms with E-state index in [9.17, 15) is 16.8 Å². The largest absolute Gasteiger partial charge is 0.267 e. The van der Waals surface area contributed by atoms with E-state index in [1.165, 1.54) is 19.2 Å². The van der Waals surface area contributed by atoms with Crippen LogP contribution in [0.3, 0.4) is 0 Å². The predicted molar refractivity (Wildman–Crippen MR) is 78.1 cm³/mol. The summed E-state index contributed by atoms with van der Waals surface area (Å²) in [7, 11) is -6.58. The van der Waals surface area contributed by atoms with Crippen molar-refractivity contribution in [1.82, 2.24) is 10.2 Å². The number of aromatic nitrogens is 2. The minimum absolute atomic E-state index is 0.0722. The van der Waals surface area contributed by atoms with Gasteiger partial charge in [0.2, 0.25) is 9.47 Å². The van der Waals surface area contributed by atoms with E-state index in [0.29, 0.717) is 11.3 Å². The minimum atomic E-state index is -4.01. The van der Waals surface area contributed by atoms with Crippen molar-refractivity contribution in [1.29, 1.82) is 0 Å². The Hall–Kier alpha value is -1.56. The third kappa shape index (κ3) is 3.20. The number of nitrogens with zero attached hydrogens (tertiary/aromatic N) is 3. The minimum Gasteiger partial charge on any atom is -0.243 e. The van der Waals surface area contributed by atoms with E-state index in [2.05, 4.69) is 10.2 Å². The zero-order chi connectivity index (χ0) is 15.8. The van der Waals surface area contributed by atoms with Crippen molar-refractivity contribution in [3.8, 4) is 0 Å². The van der Waals surface area contributed by atoms with E-state index in [-0.39, 0.29) is 10.0 Å². The first-order chi connectivity index (χ1) is 9.62. The Morgan fingerprint density at radius 2 is 1.67 bits per heavy atom. The molecule has 1 aromatic heterocycles. The number of primary sulfonamides is 1. The molecule has 1 heterocycles. The first-order valence-corrected chi connectivity index (χ1v) is 9.34. The number of anilines is 1. The monoisotopic (exact) mass is 348 g/mol. The molecule has 0 bridgehead atoms. The first kappa shape index (κ1) is 15.8. The maximum absolute atomic E-state index is 12.4. The third-order valence-corrected chi connectivity index (χ3v) is 6.78. The molecule has 0 atom stereocenters. The van der Waals surface area contributed by atoms with Crippen LogP contribution in [0.5, 0.6) is 0 Å². The van der Waals surface area contributed by atoms with Crippen LogP contribution in [0.4, 0.5) is 5.13 Å². The highest BCUT2D eigenvalue weighted by molar-refractivity contribution is 7.93. The Bertz CT molecular complexity index is 856. The van der Waals surface area contributed by atoms with Crippen molar-refractivity contribution in [3.05, 3.63) is 29.8 Å². The Morgan fingerprint density at radius 1 is 1.10 bits per heavy atom. The summed E-state index contributed by atoms with van der Waals surface area (Å²) in [6, 6.07) is 6.25. The summed E-state index contributed by atoms with van der Waals surface area (Å²) in [5.41, 5.74) is 0.920. The molecule has 21 heavy (non-hydrogen) atoms. The number of aryl methyl sites for hydroxylation is 1. The maximum Gasteiger partial charge on any atom is 0.267 e. The molecule has 11 heteroatoms. The quantitative estimate of drug-likeness (QED) is 0.848. The number of nitrogens with two attached hydrogens (primary N) is 1. The smallest absolute Gasteiger partial charge is 0.243 e. The van der Waals surface area contributed by atoms with Crippen LogP contribution in [0.25, 0.3) is 0 Å². The van der Waals surface area contributed by atoms with Crippen LogP contribution >= 0.6 is 11.3 Å². The molecule has 2 N–H and O–H groups in total. The normalized spacial score (nSPS) is 12.3. The zero-order valence-corrected chi connectivity index (χ0v) is 13.5. The average molecular weight is 348 g/mol. The molecule has 0 aliphatic rings. The van der Waals surface area contributed by atoms with Crippen LogP contribution in [0.2, 0.25) is 0 Å². The molecule has 0 saturated heterocycles. The van der Waals surface area contributed by atoms with Crippen LogP contribution in [-0.2, 0) is 20.0 Å². The second-order valence-corrected chi connectivity index (χ2v) is 8.84. The lowest BCUT2D eigenvalue weighted by Gasteiger charge is -2.15. The van der Waals surface area contributed by atoms with E-state index in [4.69, 9.17) is 5.14 Å². The molecule has 2 aromatic rings. The van der Waals surface area contributed by atoms with Crippen molar-refractivity contribution in [3.63, 3.8) is 0 Å². The van der Waals surface area contributed by atoms with Crippen LogP contribution < -0.4 is 9.44 Å². The topological polar surface area (TPSA) is 123 Å². The number of benzene rings is 1. The van der Waals surface area contributed by atoms with Gasteiger partial charge in [-0.2, -0.15) is 0 Å². The number of hydrogen-bond donors (Lipinski definition) is 1. The Morgan fingerprint density at radius 3 is 2.14 bits per heavy atom. The summed E-state index contributed by atoms with van der Waals surface area (Å²) < 4.78 is 47.5. The fraction of sp³-hybridized carbons (Fsp3) is 0.200. The number of hydrogen-bond acceptors (Lipinski definition) is 7. The Kier molecular flexibility index (Phi) is 4.02. The molecule has 0 saturated carbocycles. The fourth-order valence-electron chi connectivity index (χ4n) is 1.42. The lowest BCUT2D eigenvalue weighted by Crippen LogP contribution is -2.26. The molecular formula is C10H12N4O4S3. The highest BCUT2D eigenvalue weighted by Gasteiger charge is 2.26. The van der Waals surface area contributed by atoms with Gasteiger partial charge in [0.15, 0.2) is 0 Å². The Labute approximate surface area is 126 Å². The molecule has 8 nitrogen and oxygen atoms in total. The lowest BCUT2D eigenvalue weighted by molar-refractivity contribution is 0.594. The van der Waals surface area contributed by atoms with Gasteiger partial charge in [0.1, 0.15) is 0 Å². The maximum atomic E-state index is 12.4. The van der Waals surface area contributed by atoms with Gasteiger partial charge in [-0.1, -0.05) is 29.0 Å². The van der Waals surface area contributed by atoms with Gasteiger partial charge in [0, 0.05) is 7.05 Å². The summed E-state index contributed by atoms with van der Waals surface area (Å²) in [6.07, 6.45) is 0. The Balaban J connectivity index is 2.41. The zero-order valence-electron chi connectivity index (χ0n) is 11.1. The van der Waals surface area contributed by atoms with Gasteiger partial charge >= 0.3 is 0 Å². The van der Waals surface area contributed by atoms with Crippen LogP contribution in [0, 0.1) is 6.92 Å². The molecule has 0 unspecified atom stereocenters. The van der Waals surface area contributed by atoms with Crippen molar-refractivity contribution < 1.29 is 16.8 Å². The molecule has 0 spiro atoms. The predicted octanol–water partition coefficient (Wildman–Crippen LogP) is 0.319. The van der Waals surface area contributed by atoms with Gasteiger partial charge in [-0.15, -0.1) is 10.2 Å². The summed E-state index contributed by atoms with van der Waals surface area (Å²) in [6.45, 7) is 1.84. The van der Waals surface area contributed by atoms with Crippen molar-refractivity contribution >= 4 is 36.5 Å². The fourth-order valence-corrected chi connectivity index (χ4v) is 4.15. The molecule has 1 aromatic carbocycles. The van der Waals surface area contributed by atoms with Gasteiger partial charge in [-0.25, -0.2) is 26.3 Å². The highest BCUT2D eigenvalue weighted by atomic mass is 32.2. The molecule has 0 amide bonds. The van der Waals surface area contributed by atoms with Gasteiger partial charge in [0.25, 0.3) is 20.0 Å². The highest BCUT2D eigenvalue weighted by Crippen LogP contribution is 2.26. The summed E-state index contributed by atoms with van der Waals surface area (Å²) in [5, 5.41) is 11.8. The van der Waals surface area contributed by atoms with Crippen molar-refractivity contribution in [2.45, 2.75) is 16.2 Å². The molecule has 0 aliphatic heterocycles. The second-order valence-electron chi connectivity index (χ2n) is 4.18. The van der Waals surface area contributed by atoms with E-state index >= 15 is 0 Å². The third-order valence-electron chi connectivity index (χ3n) is 2.59. The van der Waals surface area contributed by atoms with Crippen molar-refractivity contribution in [2.24, 2.45) is 5.14 Å². The standard InChI is InChI=1S/C10H12N4O4S3/c1-7-3-5-8(6-4-7)21(17,18)14(2)9-12-13-10(19-9)20(11,15)16/h3-6H,1-2H3,(H2,11,15,16). The van der Waals surface area contributed by atoms with E-state index < -0.39 is 24.4 Å². The van der Waals surface area contributed by atoms with Crippen LogP contribution in [-0.4, -0.2) is 34.1 Å². The van der Waals surface area contributed by atoms with Crippen LogP contribution in [0.15, 0.2) is 33.5 Å². The first-order valence-electron chi connectivity index (χ1n) is 5.54. The molecule has 0 radical (unpaired) electrons. The van der Waals surface area contributed by atoms with Gasteiger partial charge in [-0.3, -0.25) is 0 Å². The summed E-state index contributed by atoms with van der Waals surface area (Å²) in [5.74, 6) is 0. The van der Waals surface area contributed by atoms with E-state index in [0.717, 1.165) is 9.87 Å². The van der Waals surface area contributed by atoms with Crippen molar-refractivity contribution in [2.75, 3.05) is 11.4 Å². The lowest BCUT2D eigenvalue weighted by atomic mass is 10.2. The van der Waals surface area contributed by atoms with Gasteiger partial charge < -0.3 is 0 Å². The number of sulfonamides is 2. The molecular weight excluding hydrogens is 336 g/mol. The molecule has 0 aliphatic carbocycles. The SMILES string of the molecule is Cc1ccc(S(=O)(=O)N(C)c2nnc(S(N)(=O)=O)s2)cc1. The molecule has 2 rings (SSSR count). The van der Waals surface area contributed by atoms with Gasteiger partial charge in [0.05, 0.1) is 4.90 Å². The van der Waals surface area contributed by atoms with Crippen LogP contribution in [0.1, 0.15) is 5.56 Å². The molecule has 0 fully saturated rings. The van der Waals surface area contributed by atoms with E-state index in [1.54, 1.807) is 12.1 Å². The second kappa shape index (κ2) is 5.33. The average Bonchev–Trinajstić information content (AvgIpc) is 2.87. The number of rotatable bonds is 4.